The van der Waals surface area contributed by atoms with Crippen LogP contribution >= 0.6 is 0 Å². The maximum absolute atomic E-state index is 12.3. The third-order valence-corrected chi connectivity index (χ3v) is 3.42. The van der Waals surface area contributed by atoms with E-state index in [1.165, 1.54) is 24.3 Å². The summed E-state index contributed by atoms with van der Waals surface area (Å²) in [6.45, 7) is 0. The number of fused-ring (bicyclic) bond motifs is 1. The van der Waals surface area contributed by atoms with Gasteiger partial charge in [0.2, 0.25) is 0 Å². The summed E-state index contributed by atoms with van der Waals surface area (Å²) in [5.41, 5.74) is 0.275. The van der Waals surface area contributed by atoms with Crippen molar-refractivity contribution < 1.29 is 44.4 Å². The molecule has 0 aliphatic rings. The first-order valence-electron chi connectivity index (χ1n) is 6.82. The van der Waals surface area contributed by atoms with Crippen LogP contribution in [-0.2, 0) is 0 Å². The zero-order valence-electron chi connectivity index (χ0n) is 12.9. The first-order valence-corrected chi connectivity index (χ1v) is 6.82. The smallest absolute Gasteiger partial charge is 0.507 e. The number of non-ortho nitro benzene ring substituents is 1. The molecule has 3 aromatic rings. The number of benzene rings is 3. The van der Waals surface area contributed by atoms with E-state index in [0.29, 0.717) is 0 Å². The molecule has 2 N–H and O–H groups in total. The van der Waals surface area contributed by atoms with Crippen molar-refractivity contribution in [2.75, 3.05) is 5.32 Å². The topological polar surface area (TPSA) is 92.5 Å². The van der Waals surface area contributed by atoms with E-state index in [4.69, 9.17) is 0 Å². The van der Waals surface area contributed by atoms with Gasteiger partial charge in [-0.15, -0.1) is 0 Å². The van der Waals surface area contributed by atoms with E-state index >= 15 is 0 Å². The molecule has 3 rings (SSSR count). The predicted molar refractivity (Wildman–Crippen MR) is 86.7 cm³/mol. The van der Waals surface area contributed by atoms with E-state index in [0.717, 1.165) is 10.8 Å². The molecule has 0 heterocycles. The Bertz CT molecular complexity index is 927. The summed E-state index contributed by atoms with van der Waals surface area (Å²) >= 11 is 0. The van der Waals surface area contributed by atoms with Crippen molar-refractivity contribution in [3.63, 3.8) is 0 Å². The second kappa shape index (κ2) is 7.44. The van der Waals surface area contributed by atoms with Crippen molar-refractivity contribution in [2.24, 2.45) is 0 Å². The van der Waals surface area contributed by atoms with Gasteiger partial charge in [0.25, 0.3) is 11.6 Å². The van der Waals surface area contributed by atoms with Crippen LogP contribution in [0.4, 0.5) is 11.4 Å². The van der Waals surface area contributed by atoms with Gasteiger partial charge in [-0.05, 0) is 29.0 Å². The van der Waals surface area contributed by atoms with Crippen LogP contribution in [0.5, 0.6) is 5.75 Å². The number of nitro groups is 1. The summed E-state index contributed by atoms with van der Waals surface area (Å²) in [7, 11) is 0. The molecule has 0 atom stereocenters. The number of nitro benzene ring substituents is 1. The largest absolute Gasteiger partial charge is 1.00 e. The molecule has 0 saturated heterocycles. The molecule has 0 spiro atoms. The zero-order chi connectivity index (χ0) is 16.4. The number of carbonyl (C=O) groups excluding carboxylic acids is 1. The van der Waals surface area contributed by atoms with Crippen LogP contribution in [0.15, 0.2) is 60.7 Å². The van der Waals surface area contributed by atoms with E-state index in [1.807, 2.05) is 24.3 Å². The Morgan fingerprint density at radius 1 is 1.00 bits per heavy atom. The Morgan fingerprint density at radius 2 is 1.67 bits per heavy atom. The molecule has 7 heteroatoms. The number of hydrogen-bond donors (Lipinski definition) is 2. The van der Waals surface area contributed by atoms with Gasteiger partial charge in [-0.25, -0.2) is 0 Å². The normalized spacial score (nSPS) is 10.0. The number of phenolic OH excluding ortho intramolecular Hbond substituents is 1. The summed E-state index contributed by atoms with van der Waals surface area (Å²) in [6.07, 6.45) is 0. The molecule has 1 amide bonds. The van der Waals surface area contributed by atoms with Crippen molar-refractivity contribution in [3.05, 3.63) is 76.3 Å². The zero-order valence-corrected chi connectivity index (χ0v) is 14.9. The van der Waals surface area contributed by atoms with Gasteiger partial charge in [-0.2, -0.15) is 0 Å². The molecule has 3 aromatic carbocycles. The molecule has 0 saturated carbocycles. The predicted octanol–water partition coefficient (Wildman–Crippen LogP) is 0.710. The van der Waals surface area contributed by atoms with E-state index in [1.54, 1.807) is 12.1 Å². The fraction of sp³-hybridized carbons (Fsp3) is 0. The van der Waals surface area contributed by atoms with E-state index in [-0.39, 0.29) is 52.2 Å². The molecule has 114 valence electrons. The molecular formula is C17H12N2NaO4+. The van der Waals surface area contributed by atoms with Crippen molar-refractivity contribution in [1.29, 1.82) is 0 Å². The van der Waals surface area contributed by atoms with Crippen molar-refractivity contribution >= 4 is 28.1 Å². The molecular weight excluding hydrogens is 319 g/mol. The summed E-state index contributed by atoms with van der Waals surface area (Å²) in [5.74, 6) is -0.680. The summed E-state index contributed by atoms with van der Waals surface area (Å²) < 4.78 is 0. The van der Waals surface area contributed by atoms with Crippen LogP contribution in [-0.4, -0.2) is 15.9 Å². The van der Waals surface area contributed by atoms with Gasteiger partial charge in [0, 0.05) is 17.8 Å². The van der Waals surface area contributed by atoms with Crippen LogP contribution < -0.4 is 34.9 Å². The quantitative estimate of drug-likeness (QED) is 0.420. The molecule has 0 bridgehead atoms. The number of nitrogens with zero attached hydrogens (tertiary/aromatic N) is 1. The number of carbonyl (C=O) groups is 1. The number of hydrogen-bond acceptors (Lipinski definition) is 4. The SMILES string of the molecule is O=C(Nc1cccc([N+](=O)[O-])c1)c1cc2ccccc2cc1O.[Na+]. The molecule has 6 nitrogen and oxygen atoms in total. The average Bonchev–Trinajstić information content (AvgIpc) is 2.54. The van der Waals surface area contributed by atoms with Crippen LogP contribution in [0.25, 0.3) is 10.8 Å². The van der Waals surface area contributed by atoms with Gasteiger partial charge in [0.15, 0.2) is 0 Å². The minimum absolute atomic E-state index is 0. The standard InChI is InChI=1S/C17H12N2O4.Na/c20-16-9-12-5-2-1-4-11(12)8-15(16)17(21)18-13-6-3-7-14(10-13)19(22)23;/h1-10,20H,(H,18,21);/q;+1. The van der Waals surface area contributed by atoms with Gasteiger partial charge >= 0.3 is 29.6 Å². The maximum atomic E-state index is 12.3. The fourth-order valence-corrected chi connectivity index (χ4v) is 2.31. The Balaban J connectivity index is 0.00000208. The number of rotatable bonds is 3. The molecule has 0 aromatic heterocycles. The third kappa shape index (κ3) is 3.73. The van der Waals surface area contributed by atoms with Crippen LogP contribution in [0, 0.1) is 10.1 Å². The number of nitrogens with one attached hydrogen (secondary N) is 1. The van der Waals surface area contributed by atoms with Gasteiger partial charge in [0.1, 0.15) is 5.75 Å². The minimum atomic E-state index is -0.539. The molecule has 0 unspecified atom stereocenters. The van der Waals surface area contributed by atoms with Crippen LogP contribution in [0.3, 0.4) is 0 Å². The molecule has 24 heavy (non-hydrogen) atoms. The third-order valence-electron chi connectivity index (χ3n) is 3.42. The summed E-state index contributed by atoms with van der Waals surface area (Å²) in [6, 6.07) is 16.0. The monoisotopic (exact) mass is 331 g/mol. The van der Waals surface area contributed by atoms with Gasteiger partial charge in [0.05, 0.1) is 10.5 Å². The number of aromatic hydroxyl groups is 1. The summed E-state index contributed by atoms with van der Waals surface area (Å²) in [5, 5.41) is 25.0. The molecule has 0 fully saturated rings. The van der Waals surface area contributed by atoms with Gasteiger partial charge in [-0.1, -0.05) is 30.3 Å². The Morgan fingerprint density at radius 3 is 2.33 bits per heavy atom. The minimum Gasteiger partial charge on any atom is -0.507 e. The Hall–Kier alpha value is -2.41. The van der Waals surface area contributed by atoms with Crippen LogP contribution in [0.1, 0.15) is 10.4 Å². The van der Waals surface area contributed by atoms with E-state index in [2.05, 4.69) is 5.32 Å². The molecule has 0 radical (unpaired) electrons. The van der Waals surface area contributed by atoms with E-state index < -0.39 is 10.8 Å². The first kappa shape index (κ1) is 17.9. The fourth-order valence-electron chi connectivity index (χ4n) is 2.31. The van der Waals surface area contributed by atoms with Gasteiger partial charge in [-0.3, -0.25) is 14.9 Å². The maximum Gasteiger partial charge on any atom is 1.00 e. The number of phenols is 1. The molecule has 0 aliphatic carbocycles. The Labute approximate surface area is 159 Å². The Kier molecular flexibility index (Phi) is 5.56. The average molecular weight is 331 g/mol. The number of anilines is 1. The van der Waals surface area contributed by atoms with Crippen LogP contribution in [0.2, 0.25) is 0 Å². The second-order valence-corrected chi connectivity index (χ2v) is 4.98. The molecule has 0 aliphatic heterocycles. The van der Waals surface area contributed by atoms with Gasteiger partial charge < -0.3 is 10.4 Å². The first-order chi connectivity index (χ1) is 11.0. The summed E-state index contributed by atoms with van der Waals surface area (Å²) in [4.78, 5) is 22.5. The second-order valence-electron chi connectivity index (χ2n) is 4.98. The number of amides is 1. The van der Waals surface area contributed by atoms with Crippen molar-refractivity contribution in [3.8, 4) is 5.75 Å². The van der Waals surface area contributed by atoms with E-state index in [9.17, 15) is 20.0 Å². The van der Waals surface area contributed by atoms with Crippen molar-refractivity contribution in [1.82, 2.24) is 0 Å². The van der Waals surface area contributed by atoms with Crippen molar-refractivity contribution in [2.45, 2.75) is 0 Å².